The van der Waals surface area contributed by atoms with Gasteiger partial charge >= 0.3 is 0 Å². The summed E-state index contributed by atoms with van der Waals surface area (Å²) in [5, 5.41) is 3.25. The van der Waals surface area contributed by atoms with Crippen LogP contribution in [0.3, 0.4) is 0 Å². The third kappa shape index (κ3) is 3.87. The van der Waals surface area contributed by atoms with Crippen molar-refractivity contribution >= 4 is 15.9 Å². The quantitative estimate of drug-likeness (QED) is 0.850. The third-order valence-corrected chi connectivity index (χ3v) is 3.65. The van der Waals surface area contributed by atoms with Crippen molar-refractivity contribution < 1.29 is 9.15 Å². The van der Waals surface area contributed by atoms with Crippen molar-refractivity contribution in [1.82, 2.24) is 5.32 Å². The highest BCUT2D eigenvalue weighted by Crippen LogP contribution is 2.25. The van der Waals surface area contributed by atoms with Gasteiger partial charge in [-0.05, 0) is 44.2 Å². The topological polar surface area (TPSA) is 34.4 Å². The standard InChI is InChI=1S/C16H20BrNO2/c1-4-18-9-15-7-13(12(3)20-15)10-19-16-8-14(17)6-5-11(16)2/h5-8,18H,4,9-10H2,1-3H3. The molecule has 0 saturated heterocycles. The molecule has 0 fully saturated rings. The third-order valence-electron chi connectivity index (χ3n) is 3.15. The van der Waals surface area contributed by atoms with Gasteiger partial charge in [0.2, 0.25) is 0 Å². The molecule has 0 unspecified atom stereocenters. The van der Waals surface area contributed by atoms with Crippen LogP contribution in [0.25, 0.3) is 0 Å². The first kappa shape index (κ1) is 15.1. The molecule has 3 nitrogen and oxygen atoms in total. The number of ether oxygens (including phenoxy) is 1. The Balaban J connectivity index is 2.03. The lowest BCUT2D eigenvalue weighted by Gasteiger charge is -2.08. The van der Waals surface area contributed by atoms with Gasteiger partial charge in [0.15, 0.2) is 0 Å². The van der Waals surface area contributed by atoms with Gasteiger partial charge in [0.25, 0.3) is 0 Å². The van der Waals surface area contributed by atoms with E-state index in [1.807, 2.05) is 32.0 Å². The maximum Gasteiger partial charge on any atom is 0.123 e. The van der Waals surface area contributed by atoms with Gasteiger partial charge in [-0.2, -0.15) is 0 Å². The number of hydrogen-bond acceptors (Lipinski definition) is 3. The largest absolute Gasteiger partial charge is 0.488 e. The number of rotatable bonds is 6. The molecule has 2 aromatic rings. The Labute approximate surface area is 128 Å². The van der Waals surface area contributed by atoms with Gasteiger partial charge < -0.3 is 14.5 Å². The zero-order valence-electron chi connectivity index (χ0n) is 12.1. The molecule has 0 aliphatic heterocycles. The first-order valence-electron chi connectivity index (χ1n) is 6.78. The normalized spacial score (nSPS) is 10.8. The molecule has 1 heterocycles. The van der Waals surface area contributed by atoms with Crippen molar-refractivity contribution in [3.05, 3.63) is 51.4 Å². The summed E-state index contributed by atoms with van der Waals surface area (Å²) >= 11 is 3.46. The average molecular weight is 338 g/mol. The summed E-state index contributed by atoms with van der Waals surface area (Å²) in [7, 11) is 0. The van der Waals surface area contributed by atoms with Gasteiger partial charge in [-0.3, -0.25) is 0 Å². The van der Waals surface area contributed by atoms with E-state index >= 15 is 0 Å². The van der Waals surface area contributed by atoms with E-state index in [1.165, 1.54) is 0 Å². The van der Waals surface area contributed by atoms with Crippen LogP contribution in [-0.2, 0) is 13.2 Å². The summed E-state index contributed by atoms with van der Waals surface area (Å²) in [5.41, 5.74) is 2.22. The molecule has 2 rings (SSSR count). The van der Waals surface area contributed by atoms with Gasteiger partial charge in [0.05, 0.1) is 6.54 Å². The predicted molar refractivity (Wildman–Crippen MR) is 84.0 cm³/mol. The molecule has 0 aliphatic rings. The Bertz CT molecular complexity index is 578. The zero-order chi connectivity index (χ0) is 14.5. The second-order valence-corrected chi connectivity index (χ2v) is 5.69. The number of nitrogens with one attached hydrogen (secondary N) is 1. The SMILES string of the molecule is CCNCc1cc(COc2cc(Br)ccc2C)c(C)o1. The first-order chi connectivity index (χ1) is 9.60. The fourth-order valence-corrected chi connectivity index (χ4v) is 2.29. The minimum Gasteiger partial charge on any atom is -0.488 e. The van der Waals surface area contributed by atoms with Crippen molar-refractivity contribution in [3.8, 4) is 5.75 Å². The molecule has 108 valence electrons. The Morgan fingerprint density at radius 1 is 1.25 bits per heavy atom. The number of benzene rings is 1. The molecule has 0 saturated carbocycles. The summed E-state index contributed by atoms with van der Waals surface area (Å²) in [6, 6.07) is 8.10. The average Bonchev–Trinajstić information content (AvgIpc) is 2.78. The van der Waals surface area contributed by atoms with Crippen LogP contribution in [0.1, 0.15) is 29.6 Å². The molecule has 20 heavy (non-hydrogen) atoms. The molecule has 0 atom stereocenters. The molecular formula is C16H20BrNO2. The molecule has 4 heteroatoms. The van der Waals surface area contributed by atoms with Crippen molar-refractivity contribution in [2.45, 2.75) is 33.9 Å². The monoisotopic (exact) mass is 337 g/mol. The second kappa shape index (κ2) is 6.95. The van der Waals surface area contributed by atoms with E-state index < -0.39 is 0 Å². The van der Waals surface area contributed by atoms with E-state index in [0.717, 1.165) is 46.0 Å². The van der Waals surface area contributed by atoms with E-state index in [0.29, 0.717) is 6.61 Å². The lowest BCUT2D eigenvalue weighted by molar-refractivity contribution is 0.300. The molecule has 0 aliphatic carbocycles. The fourth-order valence-electron chi connectivity index (χ4n) is 1.95. The number of furan rings is 1. The van der Waals surface area contributed by atoms with Crippen LogP contribution >= 0.6 is 15.9 Å². The smallest absolute Gasteiger partial charge is 0.123 e. The zero-order valence-corrected chi connectivity index (χ0v) is 13.7. The molecule has 0 radical (unpaired) electrons. The number of aryl methyl sites for hydroxylation is 2. The highest BCUT2D eigenvalue weighted by Gasteiger charge is 2.09. The summed E-state index contributed by atoms with van der Waals surface area (Å²) in [6.07, 6.45) is 0. The van der Waals surface area contributed by atoms with Crippen LogP contribution in [-0.4, -0.2) is 6.54 Å². The Hall–Kier alpha value is -1.26. The minimum absolute atomic E-state index is 0.527. The van der Waals surface area contributed by atoms with Crippen LogP contribution in [0.15, 0.2) is 33.2 Å². The van der Waals surface area contributed by atoms with Gasteiger partial charge in [-0.1, -0.05) is 28.9 Å². The molecule has 1 N–H and O–H groups in total. The van der Waals surface area contributed by atoms with E-state index in [1.54, 1.807) is 0 Å². The predicted octanol–water partition coefficient (Wildman–Crippen LogP) is 4.35. The number of halogens is 1. The van der Waals surface area contributed by atoms with Crippen LogP contribution in [0.2, 0.25) is 0 Å². The van der Waals surface area contributed by atoms with E-state index in [9.17, 15) is 0 Å². The molecule has 0 amide bonds. The lowest BCUT2D eigenvalue weighted by atomic mass is 10.2. The van der Waals surface area contributed by atoms with Crippen molar-refractivity contribution in [2.75, 3.05) is 6.54 Å². The van der Waals surface area contributed by atoms with Crippen molar-refractivity contribution in [2.24, 2.45) is 0 Å². The van der Waals surface area contributed by atoms with Gasteiger partial charge in [-0.25, -0.2) is 0 Å². The highest BCUT2D eigenvalue weighted by molar-refractivity contribution is 9.10. The Morgan fingerprint density at radius 3 is 2.80 bits per heavy atom. The molecule has 0 bridgehead atoms. The van der Waals surface area contributed by atoms with Crippen molar-refractivity contribution in [1.29, 1.82) is 0 Å². The van der Waals surface area contributed by atoms with Crippen molar-refractivity contribution in [3.63, 3.8) is 0 Å². The number of hydrogen-bond donors (Lipinski definition) is 1. The molecule has 0 spiro atoms. The summed E-state index contributed by atoms with van der Waals surface area (Å²) in [5.74, 6) is 2.77. The van der Waals surface area contributed by atoms with Crippen LogP contribution in [0, 0.1) is 13.8 Å². The van der Waals surface area contributed by atoms with E-state index in [-0.39, 0.29) is 0 Å². The maximum absolute atomic E-state index is 5.89. The van der Waals surface area contributed by atoms with Crippen LogP contribution in [0.4, 0.5) is 0 Å². The summed E-state index contributed by atoms with van der Waals surface area (Å²) < 4.78 is 12.6. The van der Waals surface area contributed by atoms with Gasteiger partial charge in [-0.15, -0.1) is 0 Å². The van der Waals surface area contributed by atoms with Gasteiger partial charge in [0, 0.05) is 10.0 Å². The summed E-state index contributed by atoms with van der Waals surface area (Å²) in [6.45, 7) is 8.31. The highest BCUT2D eigenvalue weighted by atomic mass is 79.9. The molecule has 1 aromatic heterocycles. The van der Waals surface area contributed by atoms with E-state index in [2.05, 4.69) is 34.2 Å². The Morgan fingerprint density at radius 2 is 2.05 bits per heavy atom. The fraction of sp³-hybridized carbons (Fsp3) is 0.375. The lowest BCUT2D eigenvalue weighted by Crippen LogP contribution is -2.10. The van der Waals surface area contributed by atoms with E-state index in [4.69, 9.17) is 9.15 Å². The maximum atomic E-state index is 5.89. The minimum atomic E-state index is 0.527. The second-order valence-electron chi connectivity index (χ2n) is 4.77. The first-order valence-corrected chi connectivity index (χ1v) is 7.57. The van der Waals surface area contributed by atoms with Crippen LogP contribution in [0.5, 0.6) is 5.75 Å². The van der Waals surface area contributed by atoms with Gasteiger partial charge in [0.1, 0.15) is 23.9 Å². The Kier molecular flexibility index (Phi) is 5.26. The van der Waals surface area contributed by atoms with Crippen LogP contribution < -0.4 is 10.1 Å². The molecule has 1 aromatic carbocycles. The summed E-state index contributed by atoms with van der Waals surface area (Å²) in [4.78, 5) is 0. The molecular weight excluding hydrogens is 318 g/mol.